The molecule has 2 rings (SSSR count). The maximum Gasteiger partial charge on any atom is 0.410 e. The number of nitrogens with zero attached hydrogens (tertiary/aromatic N) is 1. The van der Waals surface area contributed by atoms with Crippen molar-refractivity contribution in [3.05, 3.63) is 24.0 Å². The Morgan fingerprint density at radius 2 is 2.27 bits per heavy atom. The summed E-state index contributed by atoms with van der Waals surface area (Å²) < 4.78 is 5.54. The highest BCUT2D eigenvalue weighted by molar-refractivity contribution is 5.68. The summed E-state index contributed by atoms with van der Waals surface area (Å²) in [4.78, 5) is 17.5. The number of rotatable bonds is 4. The Morgan fingerprint density at radius 1 is 1.50 bits per heavy atom. The predicted molar refractivity (Wildman–Crippen MR) is 87.8 cm³/mol. The highest BCUT2D eigenvalue weighted by Gasteiger charge is 2.30. The van der Waals surface area contributed by atoms with E-state index < -0.39 is 5.60 Å². The quantitative estimate of drug-likeness (QED) is 0.895. The van der Waals surface area contributed by atoms with Crippen LogP contribution in [0.5, 0.6) is 0 Å². The van der Waals surface area contributed by atoms with Crippen LogP contribution >= 0.6 is 0 Å². The zero-order chi connectivity index (χ0) is 16.2. The lowest BCUT2D eigenvalue weighted by Crippen LogP contribution is -2.50. The minimum atomic E-state index is -0.440. The molecule has 5 heteroatoms. The highest BCUT2D eigenvalue weighted by atomic mass is 16.6. The molecule has 1 saturated heterocycles. The van der Waals surface area contributed by atoms with Crippen molar-refractivity contribution in [2.75, 3.05) is 13.1 Å². The summed E-state index contributed by atoms with van der Waals surface area (Å²) in [5, 5.41) is 3.52. The third-order valence-electron chi connectivity index (χ3n) is 4.00. The van der Waals surface area contributed by atoms with Gasteiger partial charge in [-0.2, -0.15) is 0 Å². The van der Waals surface area contributed by atoms with Gasteiger partial charge in [-0.1, -0.05) is 0 Å². The van der Waals surface area contributed by atoms with Crippen LogP contribution in [-0.4, -0.2) is 40.7 Å². The molecular weight excluding hydrogens is 278 g/mol. The third-order valence-corrected chi connectivity index (χ3v) is 4.00. The Hall–Kier alpha value is -1.49. The second-order valence-corrected chi connectivity index (χ2v) is 7.08. The molecule has 124 valence electrons. The first-order valence-corrected chi connectivity index (χ1v) is 8.23. The minimum Gasteiger partial charge on any atom is -0.444 e. The van der Waals surface area contributed by atoms with Crippen LogP contribution in [0.25, 0.3) is 0 Å². The molecule has 1 aliphatic rings. The van der Waals surface area contributed by atoms with Crippen LogP contribution in [-0.2, 0) is 4.74 Å². The first kappa shape index (κ1) is 16.9. The normalized spacial score (nSPS) is 20.7. The summed E-state index contributed by atoms with van der Waals surface area (Å²) in [5.74, 6) is 0. The van der Waals surface area contributed by atoms with Gasteiger partial charge in [-0.15, -0.1) is 0 Å². The van der Waals surface area contributed by atoms with Gasteiger partial charge in [-0.3, -0.25) is 0 Å². The molecule has 1 fully saturated rings. The summed E-state index contributed by atoms with van der Waals surface area (Å²) in [6.45, 7) is 9.45. The Morgan fingerprint density at radius 3 is 2.91 bits per heavy atom. The molecule has 1 aromatic heterocycles. The van der Waals surface area contributed by atoms with Gasteiger partial charge in [0.25, 0.3) is 0 Å². The minimum absolute atomic E-state index is 0.188. The average molecular weight is 307 g/mol. The molecule has 0 saturated carbocycles. The summed E-state index contributed by atoms with van der Waals surface area (Å²) in [5.41, 5.74) is 0.726. The smallest absolute Gasteiger partial charge is 0.410 e. The van der Waals surface area contributed by atoms with E-state index in [1.165, 1.54) is 12.1 Å². The lowest BCUT2D eigenvalue weighted by Gasteiger charge is -2.37. The van der Waals surface area contributed by atoms with Crippen molar-refractivity contribution in [2.24, 2.45) is 0 Å². The van der Waals surface area contributed by atoms with Gasteiger partial charge >= 0.3 is 6.09 Å². The van der Waals surface area contributed by atoms with E-state index in [1.807, 2.05) is 37.9 Å². The van der Waals surface area contributed by atoms with Gasteiger partial charge in [0.05, 0.1) is 0 Å². The standard InChI is InChI=1S/C17H29N3O2/c1-13(15-9-7-10-18-15)19-12-14-8-5-6-11-20(14)16(21)22-17(2,3)4/h7,9-10,13-14,18-19H,5-6,8,11-12H2,1-4H3. The molecule has 0 spiro atoms. The van der Waals surface area contributed by atoms with Crippen molar-refractivity contribution in [3.63, 3.8) is 0 Å². The molecule has 0 aliphatic carbocycles. The maximum atomic E-state index is 12.4. The van der Waals surface area contributed by atoms with Crippen molar-refractivity contribution < 1.29 is 9.53 Å². The van der Waals surface area contributed by atoms with Crippen molar-refractivity contribution in [2.45, 2.75) is 64.6 Å². The SMILES string of the molecule is CC(NCC1CCCCN1C(=O)OC(C)(C)C)c1ccc[nH]1. The fraction of sp³-hybridized carbons (Fsp3) is 0.706. The zero-order valence-electron chi connectivity index (χ0n) is 14.2. The number of hydrogen-bond donors (Lipinski definition) is 2. The third kappa shape index (κ3) is 4.77. The number of likely N-dealkylation sites (tertiary alicyclic amines) is 1. The Labute approximate surface area is 133 Å². The molecular formula is C17H29N3O2. The summed E-state index contributed by atoms with van der Waals surface area (Å²) in [7, 11) is 0. The van der Waals surface area contributed by atoms with E-state index in [9.17, 15) is 4.79 Å². The van der Waals surface area contributed by atoms with Gasteiger partial charge in [-0.25, -0.2) is 4.79 Å². The molecule has 22 heavy (non-hydrogen) atoms. The number of carbonyl (C=O) groups excluding carboxylic acids is 1. The summed E-state index contributed by atoms with van der Waals surface area (Å²) in [6, 6.07) is 4.53. The molecule has 1 aromatic rings. The average Bonchev–Trinajstić information content (AvgIpc) is 2.97. The molecule has 2 atom stereocenters. The van der Waals surface area contributed by atoms with Gasteiger partial charge < -0.3 is 19.9 Å². The fourth-order valence-electron chi connectivity index (χ4n) is 2.81. The van der Waals surface area contributed by atoms with E-state index in [4.69, 9.17) is 4.74 Å². The first-order chi connectivity index (χ1) is 10.4. The monoisotopic (exact) mass is 307 g/mol. The number of H-pyrrole nitrogens is 1. The van der Waals surface area contributed by atoms with E-state index in [0.717, 1.165) is 25.9 Å². The van der Waals surface area contributed by atoms with Crippen molar-refractivity contribution in [1.82, 2.24) is 15.2 Å². The largest absolute Gasteiger partial charge is 0.444 e. The lowest BCUT2D eigenvalue weighted by atomic mass is 10.0. The number of aromatic amines is 1. The van der Waals surface area contributed by atoms with Gasteiger partial charge in [0.2, 0.25) is 0 Å². The van der Waals surface area contributed by atoms with Crippen LogP contribution in [0.4, 0.5) is 4.79 Å². The molecule has 1 aliphatic heterocycles. The molecule has 5 nitrogen and oxygen atoms in total. The van der Waals surface area contributed by atoms with Crippen molar-refractivity contribution >= 4 is 6.09 Å². The number of amides is 1. The Balaban J connectivity index is 1.90. The Kier molecular flexibility index (Phi) is 5.51. The number of hydrogen-bond acceptors (Lipinski definition) is 3. The van der Waals surface area contributed by atoms with E-state index in [-0.39, 0.29) is 18.2 Å². The fourth-order valence-corrected chi connectivity index (χ4v) is 2.81. The summed E-state index contributed by atoms with van der Waals surface area (Å²) in [6.07, 6.45) is 5.00. The highest BCUT2D eigenvalue weighted by Crippen LogP contribution is 2.21. The number of nitrogens with one attached hydrogen (secondary N) is 2. The number of aromatic nitrogens is 1. The molecule has 0 bridgehead atoms. The van der Waals surface area contributed by atoms with Crippen LogP contribution < -0.4 is 5.32 Å². The predicted octanol–water partition coefficient (Wildman–Crippen LogP) is 3.45. The van der Waals surface area contributed by atoms with Crippen LogP contribution in [0.2, 0.25) is 0 Å². The molecule has 2 unspecified atom stereocenters. The first-order valence-electron chi connectivity index (χ1n) is 8.23. The summed E-state index contributed by atoms with van der Waals surface area (Å²) >= 11 is 0. The lowest BCUT2D eigenvalue weighted by molar-refractivity contribution is 0.00969. The molecule has 2 heterocycles. The van der Waals surface area contributed by atoms with Crippen LogP contribution in [0.15, 0.2) is 18.3 Å². The van der Waals surface area contributed by atoms with Crippen LogP contribution in [0.3, 0.4) is 0 Å². The number of carbonyl (C=O) groups is 1. The molecule has 1 amide bonds. The van der Waals surface area contributed by atoms with Gasteiger partial charge in [-0.05, 0) is 59.1 Å². The van der Waals surface area contributed by atoms with E-state index in [0.29, 0.717) is 0 Å². The van der Waals surface area contributed by atoms with Crippen LogP contribution in [0, 0.1) is 0 Å². The van der Waals surface area contributed by atoms with Gasteiger partial charge in [0, 0.05) is 37.1 Å². The number of piperidine rings is 1. The second-order valence-electron chi connectivity index (χ2n) is 7.08. The van der Waals surface area contributed by atoms with E-state index >= 15 is 0 Å². The van der Waals surface area contributed by atoms with Crippen LogP contribution in [0.1, 0.15) is 58.7 Å². The topological polar surface area (TPSA) is 57.4 Å². The van der Waals surface area contributed by atoms with Crippen molar-refractivity contribution in [1.29, 1.82) is 0 Å². The van der Waals surface area contributed by atoms with Crippen molar-refractivity contribution in [3.8, 4) is 0 Å². The zero-order valence-corrected chi connectivity index (χ0v) is 14.2. The van der Waals surface area contributed by atoms with Gasteiger partial charge in [0.15, 0.2) is 0 Å². The molecule has 0 aromatic carbocycles. The van der Waals surface area contributed by atoms with Gasteiger partial charge in [0.1, 0.15) is 5.60 Å². The maximum absolute atomic E-state index is 12.4. The Bertz CT molecular complexity index is 465. The number of ether oxygens (including phenoxy) is 1. The molecule has 0 radical (unpaired) electrons. The van der Waals surface area contributed by atoms with E-state index in [2.05, 4.69) is 23.3 Å². The molecule has 2 N–H and O–H groups in total. The second kappa shape index (κ2) is 7.18. The van der Waals surface area contributed by atoms with E-state index in [1.54, 1.807) is 0 Å².